The zero-order chi connectivity index (χ0) is 17.4. The van der Waals surface area contributed by atoms with E-state index in [2.05, 4.69) is 14.6 Å². The average molecular weight is 351 g/mol. The number of hydrogen-bond acceptors (Lipinski definition) is 4. The van der Waals surface area contributed by atoms with Crippen LogP contribution in [0.1, 0.15) is 0 Å². The molecule has 1 aromatic heterocycles. The van der Waals surface area contributed by atoms with Crippen molar-refractivity contribution in [3.05, 3.63) is 66.7 Å². The van der Waals surface area contributed by atoms with E-state index in [1.54, 1.807) is 36.4 Å². The number of rotatable bonds is 3. The van der Waals surface area contributed by atoms with Gasteiger partial charge in [0.1, 0.15) is 0 Å². The maximum absolute atomic E-state index is 12.5. The largest absolute Gasteiger partial charge is 0.493 e. The normalized spacial score (nSPS) is 12.3. The summed E-state index contributed by atoms with van der Waals surface area (Å²) in [5.41, 5.74) is 0.747. The van der Waals surface area contributed by atoms with Gasteiger partial charge < -0.3 is 10.1 Å². The number of para-hydroxylation sites is 1. The molecule has 0 amide bonds. The van der Waals surface area contributed by atoms with Crippen molar-refractivity contribution in [2.75, 3.05) is 0 Å². The molecule has 0 saturated carbocycles. The molecule has 0 fully saturated rings. The molecule has 6 nitrogen and oxygen atoms in total. The third-order valence-corrected chi connectivity index (χ3v) is 5.07. The van der Waals surface area contributed by atoms with E-state index in [0.29, 0.717) is 10.9 Å². The molecule has 0 bridgehead atoms. The highest BCUT2D eigenvalue weighted by atomic mass is 32.2. The second-order valence-electron chi connectivity index (χ2n) is 5.53. The molecule has 4 aromatic rings. The molecule has 124 valence electrons. The third kappa shape index (κ3) is 2.74. The molecule has 0 aliphatic carbocycles. The van der Waals surface area contributed by atoms with Gasteiger partial charge in [-0.2, -0.15) is 8.42 Å². The molecule has 0 aliphatic heterocycles. The molecule has 2 N–H and O–H groups in total. The Morgan fingerprint density at radius 3 is 2.44 bits per heavy atom. The van der Waals surface area contributed by atoms with E-state index in [1.807, 2.05) is 24.3 Å². The van der Waals surface area contributed by atoms with Crippen molar-refractivity contribution in [2.24, 2.45) is 9.63 Å². The Labute approximate surface area is 143 Å². The lowest BCUT2D eigenvalue weighted by atomic mass is 10.1. The molecule has 4 rings (SSSR count). The topological polar surface area (TPSA) is 94.9 Å². The minimum Gasteiger partial charge on any atom is -0.493 e. The molecule has 0 aliphatic rings. The lowest BCUT2D eigenvalue weighted by Gasteiger charge is -2.01. The standard InChI is InChI=1S/C18H13N3O3S/c22-18-17(15-7-3-4-8-16(15)19-18)20-21-25(23,24)14-10-9-12-5-1-2-6-13(12)11-14/h1-11,19,22H. The first-order chi connectivity index (χ1) is 12.0. The lowest BCUT2D eigenvalue weighted by molar-refractivity contribution is 0.459. The monoisotopic (exact) mass is 351 g/mol. The first kappa shape index (κ1) is 15.3. The minimum atomic E-state index is -3.98. The summed E-state index contributed by atoms with van der Waals surface area (Å²) in [5, 5.41) is 16.0. The predicted octanol–water partition coefficient (Wildman–Crippen LogP) is 4.50. The number of sulfonamides is 1. The van der Waals surface area contributed by atoms with Gasteiger partial charge in [-0.3, -0.25) is 0 Å². The lowest BCUT2D eigenvalue weighted by Crippen LogP contribution is -1.95. The Morgan fingerprint density at radius 1 is 0.880 bits per heavy atom. The molecule has 0 radical (unpaired) electrons. The fourth-order valence-electron chi connectivity index (χ4n) is 2.68. The number of benzene rings is 3. The van der Waals surface area contributed by atoms with Crippen LogP contribution >= 0.6 is 0 Å². The molecule has 0 atom stereocenters. The van der Waals surface area contributed by atoms with E-state index in [0.717, 1.165) is 10.8 Å². The summed E-state index contributed by atoms with van der Waals surface area (Å²) >= 11 is 0. The third-order valence-electron chi connectivity index (χ3n) is 3.93. The van der Waals surface area contributed by atoms with Gasteiger partial charge in [0, 0.05) is 5.39 Å². The number of nitrogens with zero attached hydrogens (tertiary/aromatic N) is 2. The SMILES string of the molecule is O=S(=O)(N=Nc1c(O)[nH]c2ccccc12)c1ccc2ccccc2c1. The first-order valence-electron chi connectivity index (χ1n) is 7.51. The van der Waals surface area contributed by atoms with Crippen LogP contribution in [0, 0.1) is 0 Å². The fraction of sp³-hybridized carbons (Fsp3) is 0. The maximum atomic E-state index is 12.5. The van der Waals surface area contributed by atoms with Crippen LogP contribution in [0.15, 0.2) is 81.3 Å². The summed E-state index contributed by atoms with van der Waals surface area (Å²) in [6.45, 7) is 0. The Balaban J connectivity index is 1.77. The number of fused-ring (bicyclic) bond motifs is 2. The number of aromatic amines is 1. The summed E-state index contributed by atoms with van der Waals surface area (Å²) in [6.07, 6.45) is 0. The molecule has 0 unspecified atom stereocenters. The molecule has 0 spiro atoms. The van der Waals surface area contributed by atoms with Gasteiger partial charge in [-0.15, -0.1) is 5.11 Å². The van der Waals surface area contributed by atoms with Gasteiger partial charge in [0.15, 0.2) is 5.69 Å². The number of aromatic hydroxyl groups is 1. The summed E-state index contributed by atoms with van der Waals surface area (Å²) < 4.78 is 28.4. The van der Waals surface area contributed by atoms with Crippen molar-refractivity contribution in [3.63, 3.8) is 0 Å². The predicted molar refractivity (Wildman–Crippen MR) is 95.6 cm³/mol. The van der Waals surface area contributed by atoms with Crippen molar-refractivity contribution in [1.29, 1.82) is 0 Å². The van der Waals surface area contributed by atoms with Gasteiger partial charge in [-0.05, 0) is 29.0 Å². The number of nitrogens with one attached hydrogen (secondary N) is 1. The van der Waals surface area contributed by atoms with E-state index in [9.17, 15) is 13.5 Å². The molecule has 7 heteroatoms. The molecule has 3 aromatic carbocycles. The van der Waals surface area contributed by atoms with Crippen molar-refractivity contribution in [1.82, 2.24) is 4.98 Å². The zero-order valence-electron chi connectivity index (χ0n) is 12.9. The Hall–Kier alpha value is -3.19. The van der Waals surface area contributed by atoms with Crippen LogP contribution < -0.4 is 0 Å². The second kappa shape index (κ2) is 5.71. The van der Waals surface area contributed by atoms with Gasteiger partial charge in [0.05, 0.1) is 10.4 Å². The Morgan fingerprint density at radius 2 is 1.60 bits per heavy atom. The van der Waals surface area contributed by atoms with E-state index in [4.69, 9.17) is 0 Å². The second-order valence-corrected chi connectivity index (χ2v) is 7.12. The minimum absolute atomic E-state index is 0.0503. The molecular formula is C18H13N3O3S. The van der Waals surface area contributed by atoms with Crippen molar-refractivity contribution in [3.8, 4) is 5.88 Å². The highest BCUT2D eigenvalue weighted by Gasteiger charge is 2.16. The van der Waals surface area contributed by atoms with Crippen molar-refractivity contribution in [2.45, 2.75) is 4.90 Å². The molecule has 1 heterocycles. The highest BCUT2D eigenvalue weighted by molar-refractivity contribution is 7.90. The van der Waals surface area contributed by atoms with Crippen LogP contribution in [0.5, 0.6) is 5.88 Å². The Kier molecular flexibility index (Phi) is 3.51. The van der Waals surface area contributed by atoms with Crippen molar-refractivity contribution < 1.29 is 13.5 Å². The average Bonchev–Trinajstić information content (AvgIpc) is 2.95. The van der Waals surface area contributed by atoms with E-state index < -0.39 is 10.0 Å². The van der Waals surface area contributed by atoms with Gasteiger partial charge >= 0.3 is 0 Å². The maximum Gasteiger partial charge on any atom is 0.299 e. The summed E-state index contributed by atoms with van der Waals surface area (Å²) in [6, 6.07) is 19.3. The van der Waals surface area contributed by atoms with Gasteiger partial charge in [0.2, 0.25) is 5.88 Å². The van der Waals surface area contributed by atoms with Crippen LogP contribution in [0.25, 0.3) is 21.7 Å². The molecular weight excluding hydrogens is 338 g/mol. The van der Waals surface area contributed by atoms with Crippen LogP contribution in [0.2, 0.25) is 0 Å². The number of H-pyrrole nitrogens is 1. The van der Waals surface area contributed by atoms with E-state index >= 15 is 0 Å². The van der Waals surface area contributed by atoms with E-state index in [-0.39, 0.29) is 16.5 Å². The van der Waals surface area contributed by atoms with Gasteiger partial charge in [-0.1, -0.05) is 53.1 Å². The number of hydrogen-bond donors (Lipinski definition) is 2. The summed E-state index contributed by atoms with van der Waals surface area (Å²) in [5.74, 6) is -0.223. The first-order valence-corrected chi connectivity index (χ1v) is 8.95. The van der Waals surface area contributed by atoms with Gasteiger partial charge in [-0.25, -0.2) is 0 Å². The molecule has 25 heavy (non-hydrogen) atoms. The zero-order valence-corrected chi connectivity index (χ0v) is 13.7. The quantitative estimate of drug-likeness (QED) is 0.532. The van der Waals surface area contributed by atoms with Gasteiger partial charge in [0.25, 0.3) is 10.0 Å². The van der Waals surface area contributed by atoms with Crippen LogP contribution in [-0.2, 0) is 10.0 Å². The summed E-state index contributed by atoms with van der Waals surface area (Å²) in [4.78, 5) is 2.78. The number of aromatic nitrogens is 1. The Bertz CT molecular complexity index is 1230. The van der Waals surface area contributed by atoms with Crippen molar-refractivity contribution >= 4 is 37.4 Å². The molecule has 0 saturated heterocycles. The van der Waals surface area contributed by atoms with E-state index in [1.165, 1.54) is 6.07 Å². The van der Waals surface area contributed by atoms with Crippen LogP contribution in [0.4, 0.5) is 5.69 Å². The van der Waals surface area contributed by atoms with Crippen LogP contribution in [0.3, 0.4) is 0 Å². The van der Waals surface area contributed by atoms with Crippen LogP contribution in [-0.4, -0.2) is 18.5 Å². The fourth-order valence-corrected chi connectivity index (χ4v) is 3.48. The summed E-state index contributed by atoms with van der Waals surface area (Å²) in [7, 11) is -3.98. The highest BCUT2D eigenvalue weighted by Crippen LogP contribution is 2.35. The smallest absolute Gasteiger partial charge is 0.299 e.